The first-order chi connectivity index (χ1) is 12.3. The summed E-state index contributed by atoms with van der Waals surface area (Å²) < 4.78 is 6.37. The molecule has 0 aliphatic carbocycles. The molecule has 0 bridgehead atoms. The fraction of sp³-hybridized carbons (Fsp3) is 0.333. The monoisotopic (exact) mass is 365 g/mol. The third kappa shape index (κ3) is 2.54. The number of aromatic nitrogens is 3. The molecule has 0 unspecified atom stereocenters. The van der Waals surface area contributed by atoms with Gasteiger partial charge in [-0.15, -0.1) is 0 Å². The number of carbonyl (C=O) groups is 1. The predicted octanol–water partition coefficient (Wildman–Crippen LogP) is -2.56. The van der Waals surface area contributed by atoms with Crippen LogP contribution in [0.5, 0.6) is 0 Å². The molecule has 2 aromatic heterocycles. The van der Waals surface area contributed by atoms with Gasteiger partial charge >= 0.3 is 11.7 Å². The number of hydrogen-bond acceptors (Lipinski definition) is 8. The van der Waals surface area contributed by atoms with Crippen molar-refractivity contribution in [2.24, 2.45) is 0 Å². The smallest absolute Gasteiger partial charge is 0.337 e. The SMILES string of the molecule is O=C(O)c1cnccc1[C@@]1(n2ccc(=O)[nH]c2=O)O[C@H](CO)[C@@H](O)[C@H]1O. The molecule has 26 heavy (non-hydrogen) atoms. The lowest BCUT2D eigenvalue weighted by atomic mass is 9.91. The zero-order valence-corrected chi connectivity index (χ0v) is 13.1. The zero-order valence-electron chi connectivity index (χ0n) is 13.1. The van der Waals surface area contributed by atoms with Crippen LogP contribution < -0.4 is 11.2 Å². The number of H-pyrrole nitrogens is 1. The van der Waals surface area contributed by atoms with Crippen molar-refractivity contribution in [2.45, 2.75) is 24.0 Å². The van der Waals surface area contributed by atoms with Gasteiger partial charge in [-0.25, -0.2) is 9.59 Å². The van der Waals surface area contributed by atoms with E-state index < -0.39 is 53.4 Å². The van der Waals surface area contributed by atoms with Gasteiger partial charge in [0.15, 0.2) is 0 Å². The van der Waals surface area contributed by atoms with Crippen molar-refractivity contribution in [3.63, 3.8) is 0 Å². The van der Waals surface area contributed by atoms with Crippen LogP contribution in [0.2, 0.25) is 0 Å². The number of hydrogen-bond donors (Lipinski definition) is 5. The molecule has 11 nitrogen and oxygen atoms in total. The van der Waals surface area contributed by atoms with Gasteiger partial charge < -0.3 is 25.2 Å². The molecule has 4 atom stereocenters. The molecule has 11 heteroatoms. The number of aromatic amines is 1. The Labute approximate surface area is 144 Å². The average Bonchev–Trinajstić information content (AvgIpc) is 2.87. The maximum absolute atomic E-state index is 12.3. The second-order valence-corrected chi connectivity index (χ2v) is 5.68. The maximum atomic E-state index is 12.3. The molecular formula is C15H15N3O8. The molecule has 1 fully saturated rings. The summed E-state index contributed by atoms with van der Waals surface area (Å²) in [6, 6.07) is 2.18. The molecule has 3 heterocycles. The van der Waals surface area contributed by atoms with Gasteiger partial charge in [0.25, 0.3) is 5.56 Å². The summed E-state index contributed by atoms with van der Waals surface area (Å²) in [7, 11) is 0. The van der Waals surface area contributed by atoms with E-state index in [9.17, 15) is 34.8 Å². The third-order valence-electron chi connectivity index (χ3n) is 4.24. The molecule has 0 amide bonds. The zero-order chi connectivity index (χ0) is 19.1. The highest BCUT2D eigenvalue weighted by atomic mass is 16.6. The number of carboxylic acid groups (broad SMARTS) is 1. The number of carboxylic acids is 1. The lowest BCUT2D eigenvalue weighted by Crippen LogP contribution is -2.53. The van der Waals surface area contributed by atoms with E-state index in [0.29, 0.717) is 0 Å². The minimum absolute atomic E-state index is 0.184. The summed E-state index contributed by atoms with van der Waals surface area (Å²) in [6.07, 6.45) is -1.56. The van der Waals surface area contributed by atoms with Crippen molar-refractivity contribution in [3.05, 3.63) is 62.7 Å². The van der Waals surface area contributed by atoms with Crippen LogP contribution in [0.1, 0.15) is 15.9 Å². The lowest BCUT2D eigenvalue weighted by molar-refractivity contribution is -0.120. The van der Waals surface area contributed by atoms with E-state index in [1.807, 2.05) is 4.98 Å². The van der Waals surface area contributed by atoms with Crippen molar-refractivity contribution < 1.29 is 30.0 Å². The first-order valence-electron chi connectivity index (χ1n) is 7.48. The topological polar surface area (TPSA) is 175 Å². The minimum atomic E-state index is -2.20. The van der Waals surface area contributed by atoms with Gasteiger partial charge in [-0.2, -0.15) is 0 Å². The average molecular weight is 365 g/mol. The number of aromatic carboxylic acids is 1. The molecule has 0 aromatic carbocycles. The Morgan fingerprint density at radius 3 is 2.65 bits per heavy atom. The van der Waals surface area contributed by atoms with Crippen molar-refractivity contribution >= 4 is 5.97 Å². The fourth-order valence-corrected chi connectivity index (χ4v) is 3.06. The molecule has 138 valence electrons. The van der Waals surface area contributed by atoms with Gasteiger partial charge in [0.2, 0.25) is 5.72 Å². The molecule has 3 rings (SSSR count). The summed E-state index contributed by atoms with van der Waals surface area (Å²) in [5.74, 6) is -1.41. The minimum Gasteiger partial charge on any atom is -0.478 e. The molecule has 2 aromatic rings. The normalized spacial score (nSPS) is 28.2. The number of pyridine rings is 1. The van der Waals surface area contributed by atoms with E-state index in [2.05, 4.69) is 4.98 Å². The van der Waals surface area contributed by atoms with Crippen LogP contribution in [0.25, 0.3) is 0 Å². The summed E-state index contributed by atoms with van der Waals surface area (Å²) >= 11 is 0. The number of nitrogens with zero attached hydrogens (tertiary/aromatic N) is 2. The Morgan fingerprint density at radius 2 is 2.08 bits per heavy atom. The van der Waals surface area contributed by atoms with E-state index >= 15 is 0 Å². The van der Waals surface area contributed by atoms with Crippen molar-refractivity contribution in [3.8, 4) is 0 Å². The van der Waals surface area contributed by atoms with Crippen molar-refractivity contribution in [1.29, 1.82) is 0 Å². The lowest BCUT2D eigenvalue weighted by Gasteiger charge is -2.34. The number of aliphatic hydroxyl groups is 3. The Morgan fingerprint density at radius 1 is 1.35 bits per heavy atom. The second-order valence-electron chi connectivity index (χ2n) is 5.68. The van der Waals surface area contributed by atoms with Gasteiger partial charge in [0, 0.05) is 30.2 Å². The van der Waals surface area contributed by atoms with E-state index in [1.165, 1.54) is 12.3 Å². The summed E-state index contributed by atoms with van der Waals surface area (Å²) in [5.41, 5.74) is -4.51. The first kappa shape index (κ1) is 17.9. The van der Waals surface area contributed by atoms with Crippen LogP contribution in [0, 0.1) is 0 Å². The second kappa shape index (κ2) is 6.46. The molecule has 1 aliphatic heterocycles. The van der Waals surface area contributed by atoms with Crippen LogP contribution in [0.4, 0.5) is 0 Å². The van der Waals surface area contributed by atoms with Crippen LogP contribution in [-0.4, -0.2) is 65.8 Å². The van der Waals surface area contributed by atoms with Crippen LogP contribution >= 0.6 is 0 Å². The van der Waals surface area contributed by atoms with Gasteiger partial charge in [0.05, 0.1) is 12.2 Å². The quantitative estimate of drug-likeness (QED) is 0.390. The Kier molecular flexibility index (Phi) is 4.46. The molecule has 5 N–H and O–H groups in total. The van der Waals surface area contributed by atoms with E-state index in [1.54, 1.807) is 0 Å². The van der Waals surface area contributed by atoms with Gasteiger partial charge in [-0.3, -0.25) is 19.3 Å². The molecule has 0 spiro atoms. The first-order valence-corrected chi connectivity index (χ1v) is 7.48. The summed E-state index contributed by atoms with van der Waals surface area (Å²) in [5, 5.41) is 39.7. The maximum Gasteiger partial charge on any atom is 0.337 e. The van der Waals surface area contributed by atoms with Crippen molar-refractivity contribution in [2.75, 3.05) is 6.61 Å². The fourth-order valence-electron chi connectivity index (χ4n) is 3.06. The Hall–Kier alpha value is -2.86. The summed E-state index contributed by atoms with van der Waals surface area (Å²) in [6.45, 7) is -0.703. The third-order valence-corrected chi connectivity index (χ3v) is 4.24. The predicted molar refractivity (Wildman–Crippen MR) is 83.6 cm³/mol. The van der Waals surface area contributed by atoms with E-state index in [4.69, 9.17) is 4.74 Å². The summed E-state index contributed by atoms with van der Waals surface area (Å²) in [4.78, 5) is 41.0. The standard InChI is InChI=1S/C15H15N3O8/c19-6-9-11(21)12(22)15(26-9,18-4-2-10(20)17-14(18)25)8-1-3-16-5-7(8)13(23)24/h1-5,9,11-12,19,21-22H,6H2,(H,23,24)(H,17,20,25)/t9-,11-,12-,15-/m1/s1. The van der Waals surface area contributed by atoms with Crippen LogP contribution in [0.15, 0.2) is 40.3 Å². The highest BCUT2D eigenvalue weighted by Crippen LogP contribution is 2.41. The molecule has 1 saturated heterocycles. The highest BCUT2D eigenvalue weighted by Gasteiger charge is 2.58. The molecule has 0 radical (unpaired) electrons. The van der Waals surface area contributed by atoms with Crippen LogP contribution in [0.3, 0.4) is 0 Å². The molecular weight excluding hydrogens is 350 g/mol. The number of nitrogens with one attached hydrogen (secondary N) is 1. The van der Waals surface area contributed by atoms with Gasteiger partial charge in [0.1, 0.15) is 18.3 Å². The van der Waals surface area contributed by atoms with E-state index in [-0.39, 0.29) is 5.56 Å². The van der Waals surface area contributed by atoms with Gasteiger partial charge in [-0.05, 0) is 6.07 Å². The van der Waals surface area contributed by atoms with Gasteiger partial charge in [-0.1, -0.05) is 0 Å². The molecule has 1 aliphatic rings. The van der Waals surface area contributed by atoms with E-state index in [0.717, 1.165) is 23.0 Å². The Bertz CT molecular complexity index is 954. The van der Waals surface area contributed by atoms with Crippen LogP contribution in [-0.2, 0) is 10.5 Å². The number of aliphatic hydroxyl groups excluding tert-OH is 3. The highest BCUT2D eigenvalue weighted by molar-refractivity contribution is 5.89. The number of ether oxygens (including phenoxy) is 1. The molecule has 0 saturated carbocycles. The Balaban J connectivity index is 2.37. The largest absolute Gasteiger partial charge is 0.478 e. The number of rotatable bonds is 4. The van der Waals surface area contributed by atoms with Crippen molar-refractivity contribution in [1.82, 2.24) is 14.5 Å².